The quantitative estimate of drug-likeness (QED) is 0.724. The highest BCUT2D eigenvalue weighted by Crippen LogP contribution is 2.29. The Morgan fingerprint density at radius 2 is 2.18 bits per heavy atom. The van der Waals surface area contributed by atoms with Crippen molar-refractivity contribution in [2.24, 2.45) is 11.7 Å². The van der Waals surface area contributed by atoms with Gasteiger partial charge in [-0.25, -0.2) is 4.39 Å². The summed E-state index contributed by atoms with van der Waals surface area (Å²) < 4.78 is 15.7. The van der Waals surface area contributed by atoms with E-state index in [0.717, 1.165) is 14.9 Å². The Morgan fingerprint density at radius 3 is 2.91 bits per heavy atom. The van der Waals surface area contributed by atoms with Gasteiger partial charge in [0, 0.05) is 5.75 Å². The lowest BCUT2D eigenvalue weighted by molar-refractivity contribution is 0.479. The van der Waals surface area contributed by atoms with E-state index in [2.05, 4.69) is 15.3 Å². The van der Waals surface area contributed by atoms with Crippen molar-refractivity contribution < 1.29 is 4.39 Å². The van der Waals surface area contributed by atoms with Gasteiger partial charge in [-0.3, -0.25) is 0 Å². The van der Waals surface area contributed by atoms with Gasteiger partial charge >= 0.3 is 0 Å². The Labute approximate surface area is 135 Å². The number of fused-ring (bicyclic) bond motifs is 1. The fourth-order valence-corrected chi connectivity index (χ4v) is 3.78. The molecule has 5 nitrogen and oxygen atoms in total. The molecular weight excluding hydrogens is 321 g/mol. The predicted molar refractivity (Wildman–Crippen MR) is 86.4 cm³/mol. The average molecular weight is 337 g/mol. The molecule has 22 heavy (non-hydrogen) atoms. The van der Waals surface area contributed by atoms with Crippen LogP contribution in [0.25, 0.3) is 4.96 Å². The lowest BCUT2D eigenvalue weighted by Crippen LogP contribution is -2.20. The topological polar surface area (TPSA) is 69.1 Å². The van der Waals surface area contributed by atoms with Crippen molar-refractivity contribution in [3.8, 4) is 0 Å². The highest BCUT2D eigenvalue weighted by molar-refractivity contribution is 8.00. The summed E-state index contributed by atoms with van der Waals surface area (Å²) in [4.78, 5) is 0.729. The Morgan fingerprint density at radius 1 is 1.36 bits per heavy atom. The van der Waals surface area contributed by atoms with Gasteiger partial charge in [-0.2, -0.15) is 4.52 Å². The number of halogens is 1. The summed E-state index contributed by atoms with van der Waals surface area (Å²) in [5.41, 5.74) is 7.06. The number of nitrogens with two attached hydrogens (primary N) is 1. The molecule has 2 N–H and O–H groups in total. The molecule has 0 spiro atoms. The zero-order chi connectivity index (χ0) is 15.7. The zero-order valence-corrected chi connectivity index (χ0v) is 13.9. The van der Waals surface area contributed by atoms with Crippen LogP contribution in [-0.2, 0) is 5.75 Å². The van der Waals surface area contributed by atoms with Crippen LogP contribution in [0.3, 0.4) is 0 Å². The van der Waals surface area contributed by atoms with E-state index in [1.54, 1.807) is 22.3 Å². The van der Waals surface area contributed by atoms with Crippen LogP contribution in [-0.4, -0.2) is 19.8 Å². The molecule has 1 aromatic carbocycles. The highest BCUT2D eigenvalue weighted by Gasteiger charge is 2.20. The minimum absolute atomic E-state index is 0.196. The van der Waals surface area contributed by atoms with Gasteiger partial charge in [0.05, 0.1) is 6.04 Å². The summed E-state index contributed by atoms with van der Waals surface area (Å²) in [6.07, 6.45) is 0. The van der Waals surface area contributed by atoms with E-state index >= 15 is 0 Å². The lowest BCUT2D eigenvalue weighted by Gasteiger charge is -2.11. The molecule has 2 aromatic heterocycles. The summed E-state index contributed by atoms with van der Waals surface area (Å²) >= 11 is 3.02. The molecule has 0 fully saturated rings. The second-order valence-corrected chi connectivity index (χ2v) is 7.49. The third-order valence-corrected chi connectivity index (χ3v) is 5.37. The van der Waals surface area contributed by atoms with E-state index in [1.807, 2.05) is 19.9 Å². The Balaban J connectivity index is 1.78. The molecule has 1 atom stereocenters. The van der Waals surface area contributed by atoms with Gasteiger partial charge in [-0.15, -0.1) is 15.3 Å². The van der Waals surface area contributed by atoms with Gasteiger partial charge < -0.3 is 5.73 Å². The minimum Gasteiger partial charge on any atom is -0.321 e. The molecule has 0 saturated heterocycles. The second-order valence-electron chi connectivity index (χ2n) is 5.31. The lowest BCUT2D eigenvalue weighted by atomic mass is 10.1. The van der Waals surface area contributed by atoms with Crippen molar-refractivity contribution in [1.29, 1.82) is 0 Å². The molecule has 0 aliphatic carbocycles. The Bertz CT molecular complexity index is 782. The minimum atomic E-state index is -0.221. The molecule has 0 amide bonds. The monoisotopic (exact) mass is 337 g/mol. The summed E-state index contributed by atoms with van der Waals surface area (Å²) in [6, 6.07) is 6.39. The number of hydrogen-bond donors (Lipinski definition) is 1. The van der Waals surface area contributed by atoms with Crippen LogP contribution < -0.4 is 5.73 Å². The average Bonchev–Trinajstić information content (AvgIpc) is 3.04. The van der Waals surface area contributed by atoms with Gasteiger partial charge in [-0.1, -0.05) is 49.1 Å². The van der Waals surface area contributed by atoms with Crippen molar-refractivity contribution >= 4 is 28.1 Å². The fraction of sp³-hybridized carbons (Fsp3) is 0.357. The van der Waals surface area contributed by atoms with Crippen LogP contribution in [0.1, 0.15) is 31.3 Å². The normalized spacial score (nSPS) is 13.1. The predicted octanol–water partition coefficient (Wildman–Crippen LogP) is 3.27. The van der Waals surface area contributed by atoms with Crippen molar-refractivity contribution in [2.45, 2.75) is 30.0 Å². The van der Waals surface area contributed by atoms with Crippen LogP contribution in [0.15, 0.2) is 28.6 Å². The third kappa shape index (κ3) is 3.13. The Kier molecular flexibility index (Phi) is 4.42. The first-order valence-electron chi connectivity index (χ1n) is 6.89. The molecule has 3 aromatic rings. The molecule has 3 rings (SSSR count). The van der Waals surface area contributed by atoms with Crippen LogP contribution in [0.5, 0.6) is 0 Å². The van der Waals surface area contributed by atoms with E-state index < -0.39 is 0 Å². The fourth-order valence-electron chi connectivity index (χ4n) is 1.95. The van der Waals surface area contributed by atoms with Crippen molar-refractivity contribution in [2.75, 3.05) is 0 Å². The summed E-state index contributed by atoms with van der Waals surface area (Å²) in [7, 11) is 0. The first-order chi connectivity index (χ1) is 10.5. The summed E-state index contributed by atoms with van der Waals surface area (Å²) in [5, 5.41) is 12.8. The number of aromatic nitrogens is 4. The standard InChI is InChI=1S/C14H16FN5S2/c1-8(2)11(16)12-17-18-13-20(12)19-14(22-13)21-7-9-4-3-5-10(15)6-9/h3-6,8,11H,7,16H2,1-2H3. The van der Waals surface area contributed by atoms with Crippen LogP contribution in [0.2, 0.25) is 0 Å². The van der Waals surface area contributed by atoms with Gasteiger partial charge in [0.15, 0.2) is 10.2 Å². The SMILES string of the molecule is CC(C)C(N)c1nnc2sc(SCc3cccc(F)c3)nn12. The molecule has 0 bridgehead atoms. The van der Waals surface area contributed by atoms with E-state index in [4.69, 9.17) is 5.73 Å². The summed E-state index contributed by atoms with van der Waals surface area (Å²) in [6.45, 7) is 4.08. The molecule has 0 aliphatic rings. The van der Waals surface area contributed by atoms with Crippen LogP contribution >= 0.6 is 23.1 Å². The maximum Gasteiger partial charge on any atom is 0.235 e. The van der Waals surface area contributed by atoms with Crippen molar-refractivity contribution in [1.82, 2.24) is 19.8 Å². The molecular formula is C14H16FN5S2. The molecule has 0 aliphatic heterocycles. The number of thioether (sulfide) groups is 1. The molecule has 8 heteroatoms. The smallest absolute Gasteiger partial charge is 0.235 e. The molecule has 1 unspecified atom stereocenters. The van der Waals surface area contributed by atoms with Crippen LogP contribution in [0, 0.1) is 11.7 Å². The largest absolute Gasteiger partial charge is 0.321 e. The highest BCUT2D eigenvalue weighted by atomic mass is 32.2. The number of nitrogens with zero attached hydrogens (tertiary/aromatic N) is 4. The van der Waals surface area contributed by atoms with Crippen molar-refractivity contribution in [3.63, 3.8) is 0 Å². The van der Waals surface area contributed by atoms with Crippen molar-refractivity contribution in [3.05, 3.63) is 41.5 Å². The number of hydrogen-bond acceptors (Lipinski definition) is 6. The molecule has 2 heterocycles. The molecule has 0 saturated carbocycles. The Hall–Kier alpha value is -1.51. The van der Waals surface area contributed by atoms with Crippen LogP contribution in [0.4, 0.5) is 4.39 Å². The third-order valence-electron chi connectivity index (χ3n) is 3.26. The summed E-state index contributed by atoms with van der Waals surface area (Å²) in [5.74, 6) is 1.38. The number of rotatable bonds is 5. The van der Waals surface area contributed by atoms with E-state index in [1.165, 1.54) is 23.5 Å². The first kappa shape index (κ1) is 15.4. The zero-order valence-electron chi connectivity index (χ0n) is 12.2. The van der Waals surface area contributed by atoms with E-state index in [9.17, 15) is 4.39 Å². The van der Waals surface area contributed by atoms with E-state index in [0.29, 0.717) is 11.6 Å². The molecule has 0 radical (unpaired) electrons. The first-order valence-corrected chi connectivity index (χ1v) is 8.70. The maximum absolute atomic E-state index is 13.2. The van der Waals surface area contributed by atoms with Gasteiger partial charge in [-0.05, 0) is 23.6 Å². The van der Waals surface area contributed by atoms with Gasteiger partial charge in [0.1, 0.15) is 5.82 Å². The molecule has 116 valence electrons. The van der Waals surface area contributed by atoms with Gasteiger partial charge in [0.2, 0.25) is 4.96 Å². The second kappa shape index (κ2) is 6.31. The number of benzene rings is 1. The van der Waals surface area contributed by atoms with E-state index in [-0.39, 0.29) is 17.8 Å². The van der Waals surface area contributed by atoms with Gasteiger partial charge in [0.25, 0.3) is 0 Å². The maximum atomic E-state index is 13.2.